The van der Waals surface area contributed by atoms with E-state index in [1.165, 1.54) is 19.4 Å². The smallest absolute Gasteiger partial charge is 0.320 e. The molecule has 0 N–H and O–H groups in total. The number of hydrogen-bond acceptors (Lipinski definition) is 9. The van der Waals surface area contributed by atoms with Gasteiger partial charge in [-0.3, -0.25) is 9.88 Å². The van der Waals surface area contributed by atoms with Crippen LogP contribution in [0.5, 0.6) is 17.6 Å². The third-order valence-electron chi connectivity index (χ3n) is 11.4. The van der Waals surface area contributed by atoms with Gasteiger partial charge in [-0.1, -0.05) is 57.2 Å². The molecule has 2 fully saturated rings. The first-order valence-corrected chi connectivity index (χ1v) is 22.0. The van der Waals surface area contributed by atoms with Gasteiger partial charge in [0.15, 0.2) is 20.9 Å². The van der Waals surface area contributed by atoms with E-state index in [0.29, 0.717) is 29.5 Å². The summed E-state index contributed by atoms with van der Waals surface area (Å²) in [6, 6.07) is 15.4. The van der Waals surface area contributed by atoms with Crippen LogP contribution in [0.1, 0.15) is 60.3 Å². The van der Waals surface area contributed by atoms with Crippen LogP contribution in [0.4, 0.5) is 13.2 Å². The Kier molecular flexibility index (Phi) is 10.8. The van der Waals surface area contributed by atoms with Gasteiger partial charge in [0.25, 0.3) is 0 Å². The maximum Gasteiger partial charge on any atom is 0.320 e. The van der Waals surface area contributed by atoms with Crippen molar-refractivity contribution in [1.82, 2.24) is 19.9 Å². The van der Waals surface area contributed by atoms with Crippen LogP contribution < -0.4 is 14.2 Å². The zero-order valence-corrected chi connectivity index (χ0v) is 33.9. The van der Waals surface area contributed by atoms with Crippen molar-refractivity contribution in [3.8, 4) is 28.9 Å². The molecule has 298 valence electrons. The predicted molar refractivity (Wildman–Crippen MR) is 213 cm³/mol. The van der Waals surface area contributed by atoms with E-state index in [-0.39, 0.29) is 77.5 Å². The molecule has 7 rings (SSSR count). The third kappa shape index (κ3) is 8.23. The maximum atomic E-state index is 17.3. The molecule has 0 bridgehead atoms. The molecule has 2 atom stereocenters. The summed E-state index contributed by atoms with van der Waals surface area (Å²) in [5.74, 6) is -1.05. The lowest BCUT2D eigenvalue weighted by atomic mass is 9.93. The quantitative estimate of drug-likeness (QED) is 0.0760. The van der Waals surface area contributed by atoms with Gasteiger partial charge in [0.2, 0.25) is 5.88 Å². The van der Waals surface area contributed by atoms with Crippen molar-refractivity contribution in [3.63, 3.8) is 0 Å². The summed E-state index contributed by atoms with van der Waals surface area (Å²) >= 11 is 0. The molecule has 13 heteroatoms. The van der Waals surface area contributed by atoms with E-state index in [1.54, 1.807) is 18.2 Å². The second-order valence-electron chi connectivity index (χ2n) is 16.3. The van der Waals surface area contributed by atoms with Crippen molar-refractivity contribution in [2.45, 2.75) is 89.3 Å². The second kappa shape index (κ2) is 16.3. The highest BCUT2D eigenvalue weighted by molar-refractivity contribution is 6.74. The van der Waals surface area contributed by atoms with Crippen LogP contribution in [-0.2, 0) is 22.2 Å². The summed E-state index contributed by atoms with van der Waals surface area (Å²) in [6.45, 7) is 9.20. The van der Waals surface area contributed by atoms with Gasteiger partial charge in [-0.2, -0.15) is 9.97 Å². The van der Waals surface area contributed by atoms with Crippen LogP contribution in [0.15, 0.2) is 60.8 Å². The molecule has 2 aliphatic heterocycles. The predicted octanol–water partition coefficient (Wildman–Crippen LogP) is 9.59. The van der Waals surface area contributed by atoms with Gasteiger partial charge in [0.1, 0.15) is 42.2 Å². The third-order valence-corrected chi connectivity index (χ3v) is 15.7. The van der Waals surface area contributed by atoms with Crippen molar-refractivity contribution in [3.05, 3.63) is 83.6 Å². The Morgan fingerprint density at radius 3 is 2.61 bits per heavy atom. The fourth-order valence-corrected chi connectivity index (χ4v) is 8.21. The van der Waals surface area contributed by atoms with Crippen LogP contribution in [0.2, 0.25) is 18.1 Å². The molecular weight excluding hydrogens is 738 g/mol. The molecule has 0 unspecified atom stereocenters. The largest absolute Gasteiger partial charge is 0.472 e. The van der Waals surface area contributed by atoms with Crippen molar-refractivity contribution in [2.24, 2.45) is 0 Å². The monoisotopic (exact) mass is 790 g/mol. The number of pyridine rings is 1. The Hall–Kier alpha value is -4.30. The molecule has 3 aromatic carbocycles. The van der Waals surface area contributed by atoms with Crippen LogP contribution in [0.25, 0.3) is 32.9 Å². The molecule has 0 aliphatic carbocycles. The minimum absolute atomic E-state index is 0.0510. The molecule has 4 heterocycles. The van der Waals surface area contributed by atoms with Gasteiger partial charge in [0.05, 0.1) is 13.7 Å². The Morgan fingerprint density at radius 1 is 1.04 bits per heavy atom. The lowest BCUT2D eigenvalue weighted by molar-refractivity contribution is 0.0512. The van der Waals surface area contributed by atoms with Crippen molar-refractivity contribution < 1.29 is 39.3 Å². The summed E-state index contributed by atoms with van der Waals surface area (Å²) in [5, 5.41) is 0.802. The molecule has 0 radical (unpaired) electrons. The lowest BCUT2D eigenvalue weighted by Gasteiger charge is -2.36. The molecule has 2 aromatic heterocycles. The van der Waals surface area contributed by atoms with Crippen molar-refractivity contribution in [1.29, 1.82) is 0 Å². The highest BCUT2D eigenvalue weighted by Crippen LogP contribution is 2.42. The number of aryl methyl sites for hydroxylation is 1. The Bertz CT molecular complexity index is 2280. The fraction of sp³-hybridized carbons (Fsp3) is 0.465. The van der Waals surface area contributed by atoms with Gasteiger partial charge < -0.3 is 23.4 Å². The summed E-state index contributed by atoms with van der Waals surface area (Å²) in [4.78, 5) is 15.8. The van der Waals surface area contributed by atoms with Gasteiger partial charge in [-0.25, -0.2) is 13.2 Å². The van der Waals surface area contributed by atoms with E-state index in [0.717, 1.165) is 24.9 Å². The minimum Gasteiger partial charge on any atom is -0.472 e. The highest BCUT2D eigenvalue weighted by atomic mass is 28.4. The lowest BCUT2D eigenvalue weighted by Crippen LogP contribution is -2.43. The number of aromatic nitrogens is 3. The van der Waals surface area contributed by atoms with Crippen LogP contribution in [-0.4, -0.2) is 80.0 Å². The van der Waals surface area contributed by atoms with E-state index in [9.17, 15) is 4.39 Å². The first-order valence-electron chi connectivity index (χ1n) is 20.1. The zero-order valence-electron chi connectivity index (χ0n) is 34.9. The summed E-state index contributed by atoms with van der Waals surface area (Å²) in [7, 11) is -1.05. The van der Waals surface area contributed by atoms with Gasteiger partial charge in [-0.05, 0) is 90.5 Å². The molecule has 0 spiro atoms. The normalized spacial score (nSPS) is 19.6. The Balaban J connectivity index is 1.33. The number of methoxy groups -OCH3 is 1. The summed E-state index contributed by atoms with van der Waals surface area (Å²) in [6.07, 6.45) is 2.26. The van der Waals surface area contributed by atoms with Crippen LogP contribution >= 0.6 is 0 Å². The number of halogens is 3. The first-order chi connectivity index (χ1) is 27.5. The minimum atomic E-state index is -2.53. The number of alkyl halides is 1. The zero-order chi connectivity index (χ0) is 41.5. The number of hydrogen-bond donors (Lipinski definition) is 0. The fourth-order valence-electron chi connectivity index (χ4n) is 7.44. The van der Waals surface area contributed by atoms with Crippen molar-refractivity contribution in [2.75, 3.05) is 40.2 Å². The van der Waals surface area contributed by atoms with Gasteiger partial charge >= 0.3 is 6.01 Å². The van der Waals surface area contributed by atoms with Crippen LogP contribution in [0, 0.1) is 11.6 Å². The van der Waals surface area contributed by atoms with E-state index >= 15 is 8.78 Å². The second-order valence-corrected chi connectivity index (χ2v) is 21.0. The Labute approximate surface area is 330 Å². The number of fused-ring (bicyclic) bond motifs is 3. The summed E-state index contributed by atoms with van der Waals surface area (Å²) < 4.78 is 95.1. The molecule has 56 heavy (non-hydrogen) atoms. The average molecular weight is 791 g/mol. The van der Waals surface area contributed by atoms with E-state index in [1.807, 2.05) is 64.2 Å². The molecule has 5 aromatic rings. The molecule has 0 saturated carbocycles. The average Bonchev–Trinajstić information content (AvgIpc) is 3.70. The molecule has 0 amide bonds. The summed E-state index contributed by atoms with van der Waals surface area (Å²) in [5.41, 5.74) is 0.450. The van der Waals surface area contributed by atoms with Gasteiger partial charge in [0, 0.05) is 38.4 Å². The molecule has 2 aliphatic rings. The SMILES string of the molecule is [2H]C([2H])(CCc1c(F)ccc2cc(OCOC)cc(-c3ncc4c(OCc5ccccc5)nc(OC[C@@]56CCCN5C[C@H](F)C6)nc4c3F)c12)O[Si](C)(C)C(C)(C)C. The standard InChI is InChI=1S/C43H51F3N4O5Si/c1-42(2,3)56(5,6)55-19-10-14-32-35(45)16-15-29-20-31(54-27-51-4)21-33(36(29)32)38-37(46)39-34(23-47-38)40(52-25-28-12-8-7-9-13-28)49-41(48-39)53-26-43-17-11-18-50(43)24-30(44)22-43/h7-9,12-13,15-16,20-21,23,30H,10-11,14,17-19,22,24-27H2,1-6H3/t30-,43+/m1/s1/i19D2. The highest BCUT2D eigenvalue weighted by Gasteiger charge is 2.49. The topological polar surface area (TPSA) is 88.1 Å². The van der Waals surface area contributed by atoms with Crippen LogP contribution in [0.3, 0.4) is 0 Å². The van der Waals surface area contributed by atoms with Crippen molar-refractivity contribution >= 4 is 30.0 Å². The number of rotatable bonds is 15. The first kappa shape index (κ1) is 37.3. The Morgan fingerprint density at radius 2 is 1.84 bits per heavy atom. The molecular formula is C43H51F3N4O5Si. The van der Waals surface area contributed by atoms with E-state index in [2.05, 4.69) is 19.9 Å². The number of ether oxygens (including phenoxy) is 4. The van der Waals surface area contributed by atoms with Gasteiger partial charge in [-0.15, -0.1) is 0 Å². The van der Waals surface area contributed by atoms with E-state index < -0.39 is 38.2 Å². The molecule has 2 saturated heterocycles. The molecule has 9 nitrogen and oxygen atoms in total. The number of nitrogens with zero attached hydrogens (tertiary/aromatic N) is 4. The van der Waals surface area contributed by atoms with E-state index in [4.69, 9.17) is 26.1 Å². The maximum absolute atomic E-state index is 17.3. The number of benzene rings is 3.